The highest BCUT2D eigenvalue weighted by Crippen LogP contribution is 2.27. The zero-order chi connectivity index (χ0) is 18.8. The number of hydrogen-bond acceptors (Lipinski definition) is 4. The number of carboxylic acids is 1. The van der Waals surface area contributed by atoms with Crippen LogP contribution in [0.5, 0.6) is 0 Å². The van der Waals surface area contributed by atoms with Crippen molar-refractivity contribution >= 4 is 23.5 Å². The van der Waals surface area contributed by atoms with E-state index in [9.17, 15) is 9.59 Å². The zero-order valence-electron chi connectivity index (χ0n) is 14.9. The van der Waals surface area contributed by atoms with E-state index in [1.807, 2.05) is 24.8 Å². The van der Waals surface area contributed by atoms with Crippen molar-refractivity contribution in [2.45, 2.75) is 45.7 Å². The van der Waals surface area contributed by atoms with Crippen molar-refractivity contribution in [3.63, 3.8) is 0 Å². The third-order valence-corrected chi connectivity index (χ3v) is 5.35. The van der Waals surface area contributed by atoms with Gasteiger partial charge in [0.15, 0.2) is 0 Å². The third kappa shape index (κ3) is 3.75. The number of aryl methyl sites for hydroxylation is 1. The molecule has 26 heavy (non-hydrogen) atoms. The largest absolute Gasteiger partial charge is 0.480 e. The Morgan fingerprint density at radius 2 is 2.08 bits per heavy atom. The molecule has 0 bridgehead atoms. The highest BCUT2D eigenvalue weighted by Gasteiger charge is 2.27. The summed E-state index contributed by atoms with van der Waals surface area (Å²) in [5, 5.41) is 18.0. The zero-order valence-corrected chi connectivity index (χ0v) is 15.6. The Morgan fingerprint density at radius 1 is 1.31 bits per heavy atom. The number of aromatic nitrogens is 4. The maximum atomic E-state index is 12.7. The Kier molecular flexibility index (Phi) is 5.31. The number of halogens is 1. The Labute approximate surface area is 156 Å². The van der Waals surface area contributed by atoms with Crippen LogP contribution in [0.1, 0.15) is 35.8 Å². The van der Waals surface area contributed by atoms with Crippen LogP contribution in [-0.2, 0) is 22.7 Å². The topological polar surface area (TPSA) is 93.3 Å². The fourth-order valence-corrected chi connectivity index (χ4v) is 3.59. The lowest BCUT2D eigenvalue weighted by atomic mass is 9.94. The third-order valence-electron chi connectivity index (χ3n) is 4.81. The molecular formula is C17H22ClN5O3. The number of likely N-dealkylation sites (tertiary alicyclic amines) is 1. The normalized spacial score (nSPS) is 17.5. The SMILES string of the molecule is Cc1nn(CC(=O)N2CCCC(c3ccnn3CC(=O)O)C2)c(C)c1Cl. The molecule has 3 heterocycles. The van der Waals surface area contributed by atoms with E-state index in [2.05, 4.69) is 10.2 Å². The first-order valence-electron chi connectivity index (χ1n) is 8.57. The minimum Gasteiger partial charge on any atom is -0.480 e. The number of rotatable bonds is 5. The van der Waals surface area contributed by atoms with Gasteiger partial charge in [-0.1, -0.05) is 11.6 Å². The molecule has 1 amide bonds. The van der Waals surface area contributed by atoms with Crippen molar-refractivity contribution < 1.29 is 14.7 Å². The van der Waals surface area contributed by atoms with Gasteiger partial charge in [-0.3, -0.25) is 19.0 Å². The monoisotopic (exact) mass is 379 g/mol. The van der Waals surface area contributed by atoms with Crippen LogP contribution in [0.15, 0.2) is 12.3 Å². The maximum Gasteiger partial charge on any atom is 0.325 e. The number of hydrogen-bond donors (Lipinski definition) is 1. The van der Waals surface area contributed by atoms with Crippen molar-refractivity contribution in [2.75, 3.05) is 13.1 Å². The summed E-state index contributed by atoms with van der Waals surface area (Å²) in [6.45, 7) is 4.89. The van der Waals surface area contributed by atoms with E-state index in [1.54, 1.807) is 10.9 Å². The molecule has 1 aliphatic rings. The number of nitrogens with zero attached hydrogens (tertiary/aromatic N) is 5. The van der Waals surface area contributed by atoms with Crippen LogP contribution in [0.3, 0.4) is 0 Å². The predicted octanol–water partition coefficient (Wildman–Crippen LogP) is 1.84. The molecule has 0 spiro atoms. The van der Waals surface area contributed by atoms with E-state index in [-0.39, 0.29) is 24.9 Å². The fourth-order valence-electron chi connectivity index (χ4n) is 3.45. The highest BCUT2D eigenvalue weighted by molar-refractivity contribution is 6.31. The summed E-state index contributed by atoms with van der Waals surface area (Å²) < 4.78 is 3.14. The first kappa shape index (κ1) is 18.4. The molecule has 3 rings (SSSR count). The standard InChI is InChI=1S/C17H22ClN5O3/c1-11-17(18)12(2)22(20-11)9-15(24)21-7-3-4-13(8-21)14-5-6-19-23(14)10-16(25)26/h5-6,13H,3-4,7-10H2,1-2H3,(H,25,26). The fraction of sp³-hybridized carbons (Fsp3) is 0.529. The number of carboxylic acid groups (broad SMARTS) is 1. The Balaban J connectivity index is 1.70. The summed E-state index contributed by atoms with van der Waals surface area (Å²) in [4.78, 5) is 25.5. The van der Waals surface area contributed by atoms with E-state index in [0.717, 1.165) is 24.2 Å². The summed E-state index contributed by atoms with van der Waals surface area (Å²) in [6, 6.07) is 1.84. The lowest BCUT2D eigenvalue weighted by Gasteiger charge is -2.33. The second-order valence-electron chi connectivity index (χ2n) is 6.63. The molecule has 1 unspecified atom stereocenters. The number of carbonyl (C=O) groups is 2. The summed E-state index contributed by atoms with van der Waals surface area (Å²) in [5.74, 6) is -0.861. The first-order valence-corrected chi connectivity index (χ1v) is 8.95. The molecule has 1 atom stereocenters. The molecule has 140 valence electrons. The van der Waals surface area contributed by atoms with Gasteiger partial charge in [0.25, 0.3) is 0 Å². The van der Waals surface area contributed by atoms with Crippen molar-refractivity contribution in [2.24, 2.45) is 0 Å². The molecule has 1 saturated heterocycles. The van der Waals surface area contributed by atoms with E-state index in [0.29, 0.717) is 23.8 Å². The lowest BCUT2D eigenvalue weighted by Crippen LogP contribution is -2.41. The van der Waals surface area contributed by atoms with Gasteiger partial charge in [-0.15, -0.1) is 0 Å². The number of aliphatic carboxylic acids is 1. The van der Waals surface area contributed by atoms with Crippen LogP contribution in [0, 0.1) is 13.8 Å². The maximum absolute atomic E-state index is 12.7. The van der Waals surface area contributed by atoms with Crippen molar-refractivity contribution in [1.82, 2.24) is 24.5 Å². The Bertz CT molecular complexity index is 828. The molecule has 0 aromatic carbocycles. The van der Waals surface area contributed by atoms with Gasteiger partial charge in [-0.2, -0.15) is 10.2 Å². The lowest BCUT2D eigenvalue weighted by molar-refractivity contribution is -0.138. The summed E-state index contributed by atoms with van der Waals surface area (Å²) in [5.41, 5.74) is 2.36. The second-order valence-corrected chi connectivity index (χ2v) is 7.01. The van der Waals surface area contributed by atoms with Crippen LogP contribution >= 0.6 is 11.6 Å². The minimum absolute atomic E-state index is 0.0127. The average molecular weight is 380 g/mol. The van der Waals surface area contributed by atoms with E-state index in [4.69, 9.17) is 16.7 Å². The summed E-state index contributed by atoms with van der Waals surface area (Å²) >= 11 is 6.15. The molecule has 0 saturated carbocycles. The molecule has 0 radical (unpaired) electrons. The quantitative estimate of drug-likeness (QED) is 0.855. The van der Waals surface area contributed by atoms with Gasteiger partial charge in [-0.25, -0.2) is 0 Å². The van der Waals surface area contributed by atoms with Gasteiger partial charge in [0, 0.05) is 30.9 Å². The molecule has 1 fully saturated rings. The summed E-state index contributed by atoms with van der Waals surface area (Å²) in [7, 11) is 0. The van der Waals surface area contributed by atoms with Crippen molar-refractivity contribution in [1.29, 1.82) is 0 Å². The van der Waals surface area contributed by atoms with Gasteiger partial charge in [0.1, 0.15) is 13.1 Å². The molecule has 8 nitrogen and oxygen atoms in total. The molecule has 9 heteroatoms. The van der Waals surface area contributed by atoms with Gasteiger partial charge in [0.2, 0.25) is 5.91 Å². The van der Waals surface area contributed by atoms with E-state index in [1.165, 1.54) is 4.68 Å². The van der Waals surface area contributed by atoms with Gasteiger partial charge >= 0.3 is 5.97 Å². The van der Waals surface area contributed by atoms with Gasteiger partial charge < -0.3 is 10.0 Å². The molecule has 1 N–H and O–H groups in total. The van der Waals surface area contributed by atoms with E-state index >= 15 is 0 Å². The van der Waals surface area contributed by atoms with Crippen molar-refractivity contribution in [3.8, 4) is 0 Å². The molecule has 0 aliphatic carbocycles. The number of amides is 1. The van der Waals surface area contributed by atoms with Crippen LogP contribution < -0.4 is 0 Å². The number of piperidine rings is 1. The van der Waals surface area contributed by atoms with Crippen LogP contribution in [0.4, 0.5) is 0 Å². The molecular weight excluding hydrogens is 358 g/mol. The van der Waals surface area contributed by atoms with Crippen LogP contribution in [0.2, 0.25) is 5.02 Å². The molecule has 2 aromatic rings. The van der Waals surface area contributed by atoms with Crippen LogP contribution in [0.25, 0.3) is 0 Å². The number of carbonyl (C=O) groups excluding carboxylic acids is 1. The molecule has 1 aliphatic heterocycles. The van der Waals surface area contributed by atoms with Crippen LogP contribution in [-0.4, -0.2) is 54.5 Å². The van der Waals surface area contributed by atoms with Gasteiger partial charge in [0.05, 0.1) is 16.4 Å². The predicted molar refractivity (Wildman–Crippen MR) is 95.1 cm³/mol. The summed E-state index contributed by atoms with van der Waals surface area (Å²) in [6.07, 6.45) is 3.38. The molecule has 2 aromatic heterocycles. The highest BCUT2D eigenvalue weighted by atomic mass is 35.5. The Morgan fingerprint density at radius 3 is 2.73 bits per heavy atom. The van der Waals surface area contributed by atoms with Crippen molar-refractivity contribution in [3.05, 3.63) is 34.4 Å². The first-order chi connectivity index (χ1) is 12.4. The average Bonchev–Trinajstić information content (AvgIpc) is 3.15. The van der Waals surface area contributed by atoms with Gasteiger partial charge in [-0.05, 0) is 32.8 Å². The minimum atomic E-state index is -0.930. The Hall–Kier alpha value is -2.35. The second kappa shape index (κ2) is 7.49. The van der Waals surface area contributed by atoms with E-state index < -0.39 is 5.97 Å². The smallest absolute Gasteiger partial charge is 0.325 e.